The maximum absolute atomic E-state index is 12.5. The fourth-order valence-corrected chi connectivity index (χ4v) is 5.99. The summed E-state index contributed by atoms with van der Waals surface area (Å²) in [5.41, 5.74) is 0. The summed E-state index contributed by atoms with van der Waals surface area (Å²) in [7, 11) is -4.36. The van der Waals surface area contributed by atoms with Crippen LogP contribution in [0.4, 0.5) is 0 Å². The van der Waals surface area contributed by atoms with E-state index < -0.39 is 28.0 Å². The number of nitrogens with one attached hydrogen (secondary N) is 1. The number of aliphatic hydroxyl groups is 1. The predicted octanol–water partition coefficient (Wildman–Crippen LogP) is 10.9. The average Bonchev–Trinajstić information content (AvgIpc) is 3.03. The van der Waals surface area contributed by atoms with Crippen molar-refractivity contribution in [3.63, 3.8) is 0 Å². The molecule has 2 unspecified atom stereocenters. The lowest BCUT2D eigenvalue weighted by Gasteiger charge is -2.21. The molecule has 0 spiro atoms. The molecule has 0 saturated carbocycles. The van der Waals surface area contributed by atoms with Gasteiger partial charge in [0.1, 0.15) is 0 Å². The molecule has 0 aromatic carbocycles. The van der Waals surface area contributed by atoms with E-state index in [-0.39, 0.29) is 12.3 Å². The zero-order chi connectivity index (χ0) is 34.7. The number of allylic oxidation sites excluding steroid dienone is 9. The molecule has 0 aromatic rings. The van der Waals surface area contributed by atoms with Gasteiger partial charge in [0.25, 0.3) is 10.1 Å². The summed E-state index contributed by atoms with van der Waals surface area (Å²) in [6, 6.07) is -1.09. The summed E-state index contributed by atoms with van der Waals surface area (Å²) in [5.74, 6) is -1.03. The highest BCUT2D eigenvalue weighted by atomic mass is 32.2. The van der Waals surface area contributed by atoms with E-state index in [4.69, 9.17) is 0 Å². The lowest BCUT2D eigenvalue weighted by Crippen LogP contribution is -2.46. The molecule has 0 heterocycles. The normalized spacial score (nSPS) is 14.0. The van der Waals surface area contributed by atoms with Crippen LogP contribution in [-0.2, 0) is 14.9 Å². The predicted molar refractivity (Wildman–Crippen MR) is 202 cm³/mol. The Balaban J connectivity index is 4.09. The maximum atomic E-state index is 12.5. The molecule has 0 radical (unpaired) electrons. The van der Waals surface area contributed by atoms with Crippen LogP contribution in [0.1, 0.15) is 168 Å². The fourth-order valence-electron chi connectivity index (χ4n) is 5.26. The molecule has 0 rings (SSSR count). The van der Waals surface area contributed by atoms with Gasteiger partial charge < -0.3 is 10.4 Å². The van der Waals surface area contributed by atoms with Crippen molar-refractivity contribution in [3.8, 4) is 0 Å². The first-order valence-corrected chi connectivity index (χ1v) is 20.6. The van der Waals surface area contributed by atoms with Gasteiger partial charge in [0, 0.05) is 6.42 Å². The summed E-state index contributed by atoms with van der Waals surface area (Å²) < 4.78 is 32.4. The number of aliphatic hydroxyl groups excluding tert-OH is 1. The second-order valence-electron chi connectivity index (χ2n) is 12.8. The van der Waals surface area contributed by atoms with E-state index in [1.807, 2.05) is 0 Å². The highest BCUT2D eigenvalue weighted by Gasteiger charge is 2.24. The van der Waals surface area contributed by atoms with Crippen LogP contribution in [0.5, 0.6) is 0 Å². The van der Waals surface area contributed by atoms with Crippen molar-refractivity contribution in [2.75, 3.05) is 5.75 Å². The standard InChI is InChI=1S/C40H71NO5S/c1-3-5-7-9-11-13-15-17-19-20-21-22-23-25-27-29-31-33-35-39(42)38(37-47(44,45)46)41-40(43)36-34-32-30-28-26-24-18-16-14-12-10-8-6-4-2/h10,12,16,18,20-21,25,27,33,35,38-39,42H,3-9,11,13-15,17,19,22-24,26,28-32,34,36-37H2,1-2H3,(H,41,43)(H,44,45,46)/b12-10-,18-16-,21-20+,27-25+,35-33+. The molecule has 47 heavy (non-hydrogen) atoms. The van der Waals surface area contributed by atoms with Crippen molar-refractivity contribution in [1.29, 1.82) is 0 Å². The van der Waals surface area contributed by atoms with Crippen molar-refractivity contribution >= 4 is 16.0 Å². The second kappa shape index (κ2) is 33.9. The molecular formula is C40H71NO5S. The maximum Gasteiger partial charge on any atom is 0.267 e. The van der Waals surface area contributed by atoms with E-state index in [1.54, 1.807) is 6.08 Å². The van der Waals surface area contributed by atoms with E-state index in [9.17, 15) is 22.9 Å². The van der Waals surface area contributed by atoms with Gasteiger partial charge in [-0.15, -0.1) is 0 Å². The summed E-state index contributed by atoms with van der Waals surface area (Å²) >= 11 is 0. The number of carbonyl (C=O) groups is 1. The summed E-state index contributed by atoms with van der Waals surface area (Å²) in [6.07, 6.45) is 46.3. The lowest BCUT2D eigenvalue weighted by atomic mass is 10.1. The Morgan fingerprint density at radius 3 is 1.53 bits per heavy atom. The zero-order valence-electron chi connectivity index (χ0n) is 30.1. The molecule has 0 fully saturated rings. The van der Waals surface area contributed by atoms with Gasteiger partial charge in [-0.3, -0.25) is 9.35 Å². The van der Waals surface area contributed by atoms with Crippen LogP contribution in [0.15, 0.2) is 60.8 Å². The zero-order valence-corrected chi connectivity index (χ0v) is 30.9. The molecule has 1 amide bonds. The van der Waals surface area contributed by atoms with Crippen molar-refractivity contribution < 1.29 is 22.9 Å². The van der Waals surface area contributed by atoms with Gasteiger partial charge in [0.05, 0.1) is 17.9 Å². The third kappa shape index (κ3) is 35.2. The van der Waals surface area contributed by atoms with Gasteiger partial charge in [0.2, 0.25) is 5.91 Å². The topological polar surface area (TPSA) is 104 Å². The molecular weight excluding hydrogens is 607 g/mol. The molecule has 0 saturated heterocycles. The number of unbranched alkanes of at least 4 members (excludes halogenated alkanes) is 17. The van der Waals surface area contributed by atoms with E-state index in [0.29, 0.717) is 12.8 Å². The molecule has 0 aromatic heterocycles. The van der Waals surface area contributed by atoms with Gasteiger partial charge in [-0.25, -0.2) is 0 Å². The van der Waals surface area contributed by atoms with E-state index >= 15 is 0 Å². The summed E-state index contributed by atoms with van der Waals surface area (Å²) in [6.45, 7) is 4.46. The molecule has 0 bridgehead atoms. The molecule has 7 heteroatoms. The molecule has 2 atom stereocenters. The van der Waals surface area contributed by atoms with Crippen molar-refractivity contribution in [2.24, 2.45) is 0 Å². The third-order valence-electron chi connectivity index (χ3n) is 8.14. The van der Waals surface area contributed by atoms with Gasteiger partial charge in [-0.1, -0.05) is 152 Å². The highest BCUT2D eigenvalue weighted by molar-refractivity contribution is 7.85. The van der Waals surface area contributed by atoms with Crippen LogP contribution < -0.4 is 5.32 Å². The number of hydrogen-bond acceptors (Lipinski definition) is 4. The Morgan fingerprint density at radius 1 is 0.574 bits per heavy atom. The van der Waals surface area contributed by atoms with Crippen LogP contribution in [0.2, 0.25) is 0 Å². The Kier molecular flexibility index (Phi) is 32.5. The van der Waals surface area contributed by atoms with Crippen molar-refractivity contribution in [3.05, 3.63) is 60.8 Å². The SMILES string of the molecule is CCCC/C=C\C/C=C\CCCCCCCC(=O)NC(CS(=O)(=O)O)C(O)/C=C/CC/C=C/CC/C=C/CCCCCCCCCC. The summed E-state index contributed by atoms with van der Waals surface area (Å²) in [4.78, 5) is 12.5. The molecule has 0 aliphatic rings. The largest absolute Gasteiger partial charge is 0.387 e. The van der Waals surface area contributed by atoms with Crippen LogP contribution in [0.3, 0.4) is 0 Å². The minimum absolute atomic E-state index is 0.266. The second-order valence-corrected chi connectivity index (χ2v) is 14.3. The molecule has 6 nitrogen and oxygen atoms in total. The first kappa shape index (κ1) is 45.0. The minimum Gasteiger partial charge on any atom is -0.387 e. The average molecular weight is 678 g/mol. The fraction of sp³-hybridized carbons (Fsp3) is 0.725. The minimum atomic E-state index is -4.36. The molecule has 3 N–H and O–H groups in total. The Labute approximate surface area is 290 Å². The van der Waals surface area contributed by atoms with Crippen LogP contribution in [0.25, 0.3) is 0 Å². The van der Waals surface area contributed by atoms with Crippen LogP contribution in [0, 0.1) is 0 Å². The van der Waals surface area contributed by atoms with Crippen molar-refractivity contribution in [2.45, 2.75) is 180 Å². The van der Waals surface area contributed by atoms with Crippen LogP contribution in [-0.4, -0.2) is 41.9 Å². The molecule has 0 aliphatic heterocycles. The van der Waals surface area contributed by atoms with Crippen LogP contribution >= 0.6 is 0 Å². The quantitative estimate of drug-likeness (QED) is 0.0364. The summed E-state index contributed by atoms with van der Waals surface area (Å²) in [5, 5.41) is 13.2. The molecule has 0 aliphatic carbocycles. The first-order valence-electron chi connectivity index (χ1n) is 19.0. The van der Waals surface area contributed by atoms with Gasteiger partial charge in [0.15, 0.2) is 0 Å². The number of rotatable bonds is 33. The Bertz CT molecular complexity index is 967. The number of hydrogen-bond donors (Lipinski definition) is 3. The van der Waals surface area contributed by atoms with Gasteiger partial charge in [-0.2, -0.15) is 8.42 Å². The van der Waals surface area contributed by atoms with Gasteiger partial charge >= 0.3 is 0 Å². The van der Waals surface area contributed by atoms with E-state index in [1.165, 1.54) is 76.7 Å². The van der Waals surface area contributed by atoms with Crippen molar-refractivity contribution in [1.82, 2.24) is 5.32 Å². The highest BCUT2D eigenvalue weighted by Crippen LogP contribution is 2.11. The Morgan fingerprint density at radius 2 is 1.00 bits per heavy atom. The third-order valence-corrected chi connectivity index (χ3v) is 8.92. The number of carbonyl (C=O) groups excluding carboxylic acids is 1. The monoisotopic (exact) mass is 678 g/mol. The van der Waals surface area contributed by atoms with Gasteiger partial charge in [-0.05, 0) is 70.6 Å². The Hall–Kier alpha value is -1.96. The first-order chi connectivity index (χ1) is 22.8. The van der Waals surface area contributed by atoms with E-state index in [2.05, 4.69) is 67.8 Å². The number of amides is 1. The smallest absolute Gasteiger partial charge is 0.267 e. The lowest BCUT2D eigenvalue weighted by molar-refractivity contribution is -0.122. The van der Waals surface area contributed by atoms with E-state index in [0.717, 1.165) is 64.2 Å². The molecule has 272 valence electrons.